The van der Waals surface area contributed by atoms with E-state index < -0.39 is 0 Å². The first kappa shape index (κ1) is 12.4. The highest BCUT2D eigenvalue weighted by atomic mass is 16.1. The number of imidazole rings is 1. The van der Waals surface area contributed by atoms with Crippen molar-refractivity contribution < 1.29 is 4.79 Å². The number of benzene rings is 1. The van der Waals surface area contributed by atoms with E-state index in [2.05, 4.69) is 20.5 Å². The Morgan fingerprint density at radius 1 is 1.45 bits per heavy atom. The van der Waals surface area contributed by atoms with Crippen molar-refractivity contribution in [1.82, 2.24) is 25.1 Å². The number of hydrogen-bond donors (Lipinski definition) is 2. The number of rotatable bonds is 4. The van der Waals surface area contributed by atoms with Crippen molar-refractivity contribution in [2.24, 2.45) is 7.05 Å². The summed E-state index contributed by atoms with van der Waals surface area (Å²) in [6, 6.07) is 5.49. The van der Waals surface area contributed by atoms with Gasteiger partial charge < -0.3 is 9.88 Å². The molecule has 0 aliphatic rings. The standard InChI is InChI=1S/C14H15N5O/c1-19-7-6-15-13(19)4-5-16-14(20)10-2-3-11-9-17-18-12(11)8-10/h2-3,6-9H,4-5H2,1H3,(H,16,20)(H,17,18). The first-order chi connectivity index (χ1) is 9.74. The zero-order chi connectivity index (χ0) is 13.9. The predicted octanol–water partition coefficient (Wildman–Crippen LogP) is 1.27. The molecule has 6 heteroatoms. The summed E-state index contributed by atoms with van der Waals surface area (Å²) in [5.74, 6) is 0.866. The molecule has 0 bridgehead atoms. The highest BCUT2D eigenvalue weighted by Crippen LogP contribution is 2.12. The third kappa shape index (κ3) is 2.40. The van der Waals surface area contributed by atoms with Gasteiger partial charge in [-0.25, -0.2) is 4.98 Å². The summed E-state index contributed by atoms with van der Waals surface area (Å²) in [4.78, 5) is 16.3. The van der Waals surface area contributed by atoms with Crippen molar-refractivity contribution in [2.75, 3.05) is 6.54 Å². The lowest BCUT2D eigenvalue weighted by Crippen LogP contribution is -2.26. The Morgan fingerprint density at radius 3 is 3.15 bits per heavy atom. The van der Waals surface area contributed by atoms with E-state index in [0.717, 1.165) is 16.7 Å². The summed E-state index contributed by atoms with van der Waals surface area (Å²) >= 11 is 0. The summed E-state index contributed by atoms with van der Waals surface area (Å²) in [6.45, 7) is 0.560. The monoisotopic (exact) mass is 269 g/mol. The summed E-state index contributed by atoms with van der Waals surface area (Å²) in [7, 11) is 1.94. The summed E-state index contributed by atoms with van der Waals surface area (Å²) in [5, 5.41) is 10.7. The molecule has 0 saturated heterocycles. The van der Waals surface area contributed by atoms with E-state index in [1.54, 1.807) is 24.5 Å². The molecule has 102 valence electrons. The second-order valence-corrected chi connectivity index (χ2v) is 4.63. The molecule has 1 aromatic carbocycles. The number of carbonyl (C=O) groups is 1. The van der Waals surface area contributed by atoms with Crippen molar-refractivity contribution in [3.05, 3.63) is 48.2 Å². The molecule has 0 fully saturated rings. The maximum Gasteiger partial charge on any atom is 0.251 e. The zero-order valence-corrected chi connectivity index (χ0v) is 11.1. The molecule has 0 spiro atoms. The zero-order valence-electron chi connectivity index (χ0n) is 11.1. The van der Waals surface area contributed by atoms with E-state index in [-0.39, 0.29) is 5.91 Å². The number of H-pyrrole nitrogens is 1. The maximum absolute atomic E-state index is 12.1. The predicted molar refractivity (Wildman–Crippen MR) is 75.3 cm³/mol. The molecule has 0 aliphatic heterocycles. The van der Waals surface area contributed by atoms with Crippen molar-refractivity contribution in [2.45, 2.75) is 6.42 Å². The molecule has 2 aromatic heterocycles. The molecule has 0 aliphatic carbocycles. The topological polar surface area (TPSA) is 75.6 Å². The van der Waals surface area contributed by atoms with Crippen LogP contribution in [0.4, 0.5) is 0 Å². The number of carbonyl (C=O) groups excluding carboxylic acids is 1. The van der Waals surface area contributed by atoms with E-state index in [1.807, 2.05) is 23.9 Å². The molecule has 20 heavy (non-hydrogen) atoms. The molecule has 6 nitrogen and oxygen atoms in total. The van der Waals surface area contributed by atoms with Crippen molar-refractivity contribution >= 4 is 16.8 Å². The molecule has 1 amide bonds. The third-order valence-corrected chi connectivity index (χ3v) is 3.26. The summed E-state index contributed by atoms with van der Waals surface area (Å²) in [5.41, 5.74) is 1.49. The van der Waals surface area contributed by atoms with Crippen LogP contribution in [0.25, 0.3) is 10.9 Å². The smallest absolute Gasteiger partial charge is 0.251 e. The van der Waals surface area contributed by atoms with Crippen molar-refractivity contribution in [3.8, 4) is 0 Å². The average Bonchev–Trinajstić information content (AvgIpc) is 3.07. The van der Waals surface area contributed by atoms with Crippen molar-refractivity contribution in [3.63, 3.8) is 0 Å². The first-order valence-electron chi connectivity index (χ1n) is 6.41. The number of fused-ring (bicyclic) bond motifs is 1. The quantitative estimate of drug-likeness (QED) is 0.749. The number of hydrogen-bond acceptors (Lipinski definition) is 3. The molecule has 0 atom stereocenters. The molecular formula is C14H15N5O. The van der Waals surface area contributed by atoms with Gasteiger partial charge in [-0.05, 0) is 12.1 Å². The normalized spacial score (nSPS) is 10.8. The molecule has 3 aromatic rings. The van der Waals surface area contributed by atoms with E-state index in [9.17, 15) is 4.79 Å². The highest BCUT2D eigenvalue weighted by Gasteiger charge is 2.07. The van der Waals surface area contributed by atoms with Crippen LogP contribution in [0.15, 0.2) is 36.8 Å². The van der Waals surface area contributed by atoms with Crippen LogP contribution in [-0.2, 0) is 13.5 Å². The lowest BCUT2D eigenvalue weighted by atomic mass is 10.1. The Hall–Kier alpha value is -2.63. The van der Waals surface area contributed by atoms with Gasteiger partial charge in [-0.3, -0.25) is 9.89 Å². The van der Waals surface area contributed by atoms with Gasteiger partial charge in [0.2, 0.25) is 0 Å². The molecule has 2 N–H and O–H groups in total. The van der Waals surface area contributed by atoms with Gasteiger partial charge in [0.25, 0.3) is 5.91 Å². The Balaban J connectivity index is 1.62. The number of aryl methyl sites for hydroxylation is 1. The number of aromatic amines is 1. The van der Waals surface area contributed by atoms with E-state index >= 15 is 0 Å². The number of amides is 1. The molecule has 0 saturated carbocycles. The Bertz CT molecular complexity index is 743. The largest absolute Gasteiger partial charge is 0.352 e. The molecule has 3 rings (SSSR count). The van der Waals surface area contributed by atoms with Crippen LogP contribution in [0.2, 0.25) is 0 Å². The number of aromatic nitrogens is 4. The second kappa shape index (κ2) is 5.16. The fourth-order valence-corrected chi connectivity index (χ4v) is 2.11. The average molecular weight is 269 g/mol. The minimum absolute atomic E-state index is 0.0873. The minimum atomic E-state index is -0.0873. The van der Waals surface area contributed by atoms with Gasteiger partial charge in [-0.15, -0.1) is 0 Å². The first-order valence-corrected chi connectivity index (χ1v) is 6.41. The molecule has 0 radical (unpaired) electrons. The fourth-order valence-electron chi connectivity index (χ4n) is 2.11. The van der Waals surface area contributed by atoms with Crippen LogP contribution >= 0.6 is 0 Å². The summed E-state index contributed by atoms with van der Waals surface area (Å²) in [6.07, 6.45) is 6.09. The third-order valence-electron chi connectivity index (χ3n) is 3.26. The van der Waals surface area contributed by atoms with E-state index in [4.69, 9.17) is 0 Å². The SMILES string of the molecule is Cn1ccnc1CCNC(=O)c1ccc2cn[nH]c2c1. The lowest BCUT2D eigenvalue weighted by Gasteiger charge is -2.05. The molecule has 0 unspecified atom stereocenters. The maximum atomic E-state index is 12.1. The Labute approximate surface area is 115 Å². The van der Waals surface area contributed by atoms with Crippen molar-refractivity contribution in [1.29, 1.82) is 0 Å². The van der Waals surface area contributed by atoms with Gasteiger partial charge >= 0.3 is 0 Å². The van der Waals surface area contributed by atoms with Crippen LogP contribution in [0, 0.1) is 0 Å². The fraction of sp³-hybridized carbons (Fsp3) is 0.214. The second-order valence-electron chi connectivity index (χ2n) is 4.63. The van der Waals surface area contributed by atoms with Gasteiger partial charge in [0.15, 0.2) is 0 Å². The minimum Gasteiger partial charge on any atom is -0.352 e. The highest BCUT2D eigenvalue weighted by molar-refractivity contribution is 5.97. The van der Waals surface area contributed by atoms with Crippen LogP contribution in [-0.4, -0.2) is 32.2 Å². The van der Waals surface area contributed by atoms with Crippen LogP contribution in [0.5, 0.6) is 0 Å². The molecule has 2 heterocycles. The molecular weight excluding hydrogens is 254 g/mol. The Kier molecular flexibility index (Phi) is 3.20. The number of nitrogens with one attached hydrogen (secondary N) is 2. The van der Waals surface area contributed by atoms with Crippen LogP contribution < -0.4 is 5.32 Å². The van der Waals surface area contributed by atoms with E-state index in [1.165, 1.54) is 0 Å². The van der Waals surface area contributed by atoms with Gasteiger partial charge in [-0.2, -0.15) is 5.10 Å². The van der Waals surface area contributed by atoms with Gasteiger partial charge in [0.05, 0.1) is 11.7 Å². The van der Waals surface area contributed by atoms with Gasteiger partial charge in [-0.1, -0.05) is 6.07 Å². The van der Waals surface area contributed by atoms with Gasteiger partial charge in [0.1, 0.15) is 5.82 Å². The Morgan fingerprint density at radius 2 is 2.35 bits per heavy atom. The summed E-state index contributed by atoms with van der Waals surface area (Å²) < 4.78 is 1.95. The van der Waals surface area contributed by atoms with Crippen LogP contribution in [0.1, 0.15) is 16.2 Å². The lowest BCUT2D eigenvalue weighted by molar-refractivity contribution is 0.0954. The van der Waals surface area contributed by atoms with E-state index in [0.29, 0.717) is 18.5 Å². The number of nitrogens with zero attached hydrogens (tertiary/aromatic N) is 3. The van der Waals surface area contributed by atoms with Gasteiger partial charge in [0, 0.05) is 43.4 Å². The van der Waals surface area contributed by atoms with Crippen LogP contribution in [0.3, 0.4) is 0 Å².